The second-order valence-corrected chi connectivity index (χ2v) is 9.92. The van der Waals surface area contributed by atoms with Crippen LogP contribution in [-0.2, 0) is 21.2 Å². The van der Waals surface area contributed by atoms with E-state index in [1.807, 2.05) is 31.4 Å². The van der Waals surface area contributed by atoms with Crippen LogP contribution in [0.25, 0.3) is 10.7 Å². The van der Waals surface area contributed by atoms with Crippen LogP contribution in [0.2, 0.25) is 0 Å². The Hall–Kier alpha value is -2.56. The Bertz CT molecular complexity index is 1150. The summed E-state index contributed by atoms with van der Waals surface area (Å²) in [5.74, 6) is 0.631. The molecular formula is C21H26N4O4S2. The number of amides is 1. The second-order valence-electron chi connectivity index (χ2n) is 7.04. The second kappa shape index (κ2) is 9.71. The molecule has 0 saturated carbocycles. The topological polar surface area (TPSA) is 105 Å². The molecule has 3 rings (SSSR count). The zero-order valence-electron chi connectivity index (χ0n) is 18.0. The van der Waals surface area contributed by atoms with Crippen molar-refractivity contribution in [2.75, 3.05) is 18.4 Å². The lowest BCUT2D eigenvalue weighted by Crippen LogP contribution is -2.30. The highest BCUT2D eigenvalue weighted by Gasteiger charge is 2.23. The third-order valence-electron chi connectivity index (χ3n) is 5.03. The molecule has 2 aromatic heterocycles. The van der Waals surface area contributed by atoms with E-state index >= 15 is 0 Å². The van der Waals surface area contributed by atoms with Crippen LogP contribution in [0, 0.1) is 13.8 Å². The zero-order chi connectivity index (χ0) is 22.6. The lowest BCUT2D eigenvalue weighted by atomic mass is 10.1. The Kier molecular flexibility index (Phi) is 7.24. The number of benzene rings is 1. The van der Waals surface area contributed by atoms with Crippen LogP contribution in [0.3, 0.4) is 0 Å². The van der Waals surface area contributed by atoms with Gasteiger partial charge >= 0.3 is 0 Å². The van der Waals surface area contributed by atoms with Crippen molar-refractivity contribution in [2.45, 2.75) is 45.4 Å². The van der Waals surface area contributed by atoms with E-state index in [-0.39, 0.29) is 17.2 Å². The van der Waals surface area contributed by atoms with Crippen LogP contribution in [0.1, 0.15) is 37.3 Å². The number of nitrogens with one attached hydrogen (secondary N) is 1. The van der Waals surface area contributed by atoms with E-state index in [4.69, 9.17) is 4.52 Å². The summed E-state index contributed by atoms with van der Waals surface area (Å²) in [6.45, 7) is 8.04. The minimum absolute atomic E-state index is 0.136. The number of carbonyl (C=O) groups is 1. The molecule has 2 heterocycles. The van der Waals surface area contributed by atoms with Gasteiger partial charge in [0, 0.05) is 31.6 Å². The predicted molar refractivity (Wildman–Crippen MR) is 121 cm³/mol. The molecule has 0 fully saturated rings. The lowest BCUT2D eigenvalue weighted by Gasteiger charge is -2.20. The molecule has 0 radical (unpaired) electrons. The molecule has 0 aliphatic heterocycles. The first kappa shape index (κ1) is 23.1. The molecular weight excluding hydrogens is 436 g/mol. The Morgan fingerprint density at radius 2 is 1.97 bits per heavy atom. The summed E-state index contributed by atoms with van der Waals surface area (Å²) in [6, 6.07) is 6.97. The molecule has 166 valence electrons. The van der Waals surface area contributed by atoms with Gasteiger partial charge in [-0.3, -0.25) is 4.79 Å². The van der Waals surface area contributed by atoms with Crippen molar-refractivity contribution in [1.82, 2.24) is 14.4 Å². The third kappa shape index (κ3) is 5.20. The third-order valence-corrected chi connectivity index (χ3v) is 7.93. The molecule has 0 aliphatic carbocycles. The average Bonchev–Trinajstić information content (AvgIpc) is 3.42. The van der Waals surface area contributed by atoms with Gasteiger partial charge in [-0.05, 0) is 48.6 Å². The Morgan fingerprint density at radius 3 is 2.61 bits per heavy atom. The lowest BCUT2D eigenvalue weighted by molar-refractivity contribution is -0.116. The van der Waals surface area contributed by atoms with Crippen LogP contribution >= 0.6 is 11.3 Å². The van der Waals surface area contributed by atoms with E-state index in [1.54, 1.807) is 19.9 Å². The number of anilines is 1. The summed E-state index contributed by atoms with van der Waals surface area (Å²) >= 11 is 1.51. The molecule has 0 saturated heterocycles. The monoisotopic (exact) mass is 462 g/mol. The first-order valence-electron chi connectivity index (χ1n) is 10.0. The Labute approximate surface area is 186 Å². The number of thiophene rings is 1. The fraction of sp³-hybridized carbons (Fsp3) is 0.381. The largest absolute Gasteiger partial charge is 0.339 e. The standard InChI is InChI=1S/C21H26N4O4S2/c1-5-25(6-2)31(27,28)16-12-14(3)15(4)17(13-16)22-19(26)9-10-20-23-21(24-29-20)18-8-7-11-30-18/h7-8,11-13H,5-6,9-10H2,1-4H3,(H,22,26). The van der Waals surface area contributed by atoms with Crippen molar-refractivity contribution in [1.29, 1.82) is 0 Å². The highest BCUT2D eigenvalue weighted by Crippen LogP contribution is 2.27. The molecule has 3 aromatic rings. The summed E-state index contributed by atoms with van der Waals surface area (Å²) in [5, 5.41) is 8.70. The molecule has 0 atom stereocenters. The molecule has 8 nitrogen and oxygen atoms in total. The van der Waals surface area contributed by atoms with Crippen molar-refractivity contribution in [3.05, 3.63) is 46.7 Å². The summed E-state index contributed by atoms with van der Waals surface area (Å²) in [6.07, 6.45) is 0.428. The number of hydrogen-bond acceptors (Lipinski definition) is 7. The van der Waals surface area contributed by atoms with E-state index in [0.29, 0.717) is 36.9 Å². The quantitative estimate of drug-likeness (QED) is 0.515. The van der Waals surface area contributed by atoms with Gasteiger partial charge < -0.3 is 9.84 Å². The minimum atomic E-state index is -3.62. The highest BCUT2D eigenvalue weighted by molar-refractivity contribution is 7.89. The van der Waals surface area contributed by atoms with Crippen molar-refractivity contribution in [2.24, 2.45) is 0 Å². The number of nitrogens with zero attached hydrogens (tertiary/aromatic N) is 3. The summed E-state index contributed by atoms with van der Waals surface area (Å²) < 4.78 is 32.4. The minimum Gasteiger partial charge on any atom is -0.339 e. The SMILES string of the molecule is CCN(CC)S(=O)(=O)c1cc(C)c(C)c(NC(=O)CCc2nc(-c3cccs3)no2)c1. The summed E-state index contributed by atoms with van der Waals surface area (Å²) in [7, 11) is -3.62. The van der Waals surface area contributed by atoms with Gasteiger partial charge in [0.05, 0.1) is 9.77 Å². The summed E-state index contributed by atoms with van der Waals surface area (Å²) in [5.41, 5.74) is 2.10. The fourth-order valence-corrected chi connectivity index (χ4v) is 5.33. The number of aromatic nitrogens is 2. The van der Waals surface area contributed by atoms with Crippen molar-refractivity contribution in [3.8, 4) is 10.7 Å². The van der Waals surface area contributed by atoms with E-state index < -0.39 is 10.0 Å². The van der Waals surface area contributed by atoms with Gasteiger partial charge in [-0.15, -0.1) is 11.3 Å². The van der Waals surface area contributed by atoms with Gasteiger partial charge in [0.25, 0.3) is 0 Å². The van der Waals surface area contributed by atoms with E-state index in [0.717, 1.165) is 16.0 Å². The Balaban J connectivity index is 1.71. The predicted octanol–water partition coefficient (Wildman–Crippen LogP) is 4.02. The first-order valence-corrected chi connectivity index (χ1v) is 12.4. The summed E-state index contributed by atoms with van der Waals surface area (Å²) in [4.78, 5) is 17.9. The highest BCUT2D eigenvalue weighted by atomic mass is 32.2. The molecule has 0 spiro atoms. The maximum atomic E-state index is 12.9. The smallest absolute Gasteiger partial charge is 0.243 e. The molecule has 0 unspecified atom stereocenters. The number of rotatable bonds is 9. The molecule has 31 heavy (non-hydrogen) atoms. The molecule has 1 aromatic carbocycles. The molecule has 10 heteroatoms. The van der Waals surface area contributed by atoms with Gasteiger partial charge in [-0.2, -0.15) is 9.29 Å². The molecule has 1 amide bonds. The average molecular weight is 463 g/mol. The van der Waals surface area contributed by atoms with Crippen LogP contribution in [-0.4, -0.2) is 41.9 Å². The van der Waals surface area contributed by atoms with Crippen molar-refractivity contribution >= 4 is 33.0 Å². The van der Waals surface area contributed by atoms with Crippen LogP contribution in [0.4, 0.5) is 5.69 Å². The van der Waals surface area contributed by atoms with E-state index in [1.165, 1.54) is 21.7 Å². The fourth-order valence-electron chi connectivity index (χ4n) is 3.11. The van der Waals surface area contributed by atoms with Gasteiger partial charge in [0.2, 0.25) is 27.6 Å². The van der Waals surface area contributed by atoms with E-state index in [9.17, 15) is 13.2 Å². The van der Waals surface area contributed by atoms with Crippen LogP contribution < -0.4 is 5.32 Å². The molecule has 0 bridgehead atoms. The number of aryl methyl sites for hydroxylation is 2. The van der Waals surface area contributed by atoms with Gasteiger partial charge in [-0.1, -0.05) is 25.1 Å². The number of carbonyl (C=O) groups excluding carboxylic acids is 1. The first-order chi connectivity index (χ1) is 14.8. The molecule has 0 aliphatic rings. The van der Waals surface area contributed by atoms with E-state index in [2.05, 4.69) is 15.5 Å². The Morgan fingerprint density at radius 1 is 1.23 bits per heavy atom. The van der Waals surface area contributed by atoms with Gasteiger partial charge in [0.1, 0.15) is 0 Å². The maximum Gasteiger partial charge on any atom is 0.243 e. The van der Waals surface area contributed by atoms with Crippen LogP contribution in [0.15, 0.2) is 39.1 Å². The van der Waals surface area contributed by atoms with Crippen LogP contribution in [0.5, 0.6) is 0 Å². The number of hydrogen-bond donors (Lipinski definition) is 1. The maximum absolute atomic E-state index is 12.9. The normalized spacial score (nSPS) is 11.8. The zero-order valence-corrected chi connectivity index (χ0v) is 19.6. The van der Waals surface area contributed by atoms with Crippen molar-refractivity contribution < 1.29 is 17.7 Å². The van der Waals surface area contributed by atoms with Gasteiger partial charge in [0.15, 0.2) is 0 Å². The van der Waals surface area contributed by atoms with Crippen molar-refractivity contribution in [3.63, 3.8) is 0 Å². The number of sulfonamides is 1. The molecule has 1 N–H and O–H groups in total. The van der Waals surface area contributed by atoms with Gasteiger partial charge in [-0.25, -0.2) is 8.42 Å².